The second-order valence-corrected chi connectivity index (χ2v) is 8.22. The number of nitrogens with one attached hydrogen (secondary N) is 1. The van der Waals surface area contributed by atoms with Gasteiger partial charge in [-0.2, -0.15) is 11.3 Å². The lowest BCUT2D eigenvalue weighted by molar-refractivity contribution is 0.300. The fourth-order valence-corrected chi connectivity index (χ4v) is 4.18. The van der Waals surface area contributed by atoms with Crippen molar-refractivity contribution in [3.63, 3.8) is 0 Å². The summed E-state index contributed by atoms with van der Waals surface area (Å²) in [6.07, 6.45) is 0. The lowest BCUT2D eigenvalue weighted by atomic mass is 10.1. The third kappa shape index (κ3) is 4.91. The molecule has 1 heterocycles. The summed E-state index contributed by atoms with van der Waals surface area (Å²) < 4.78 is 27.3. The quantitative estimate of drug-likeness (QED) is 0.844. The van der Waals surface area contributed by atoms with Crippen LogP contribution in [0.3, 0.4) is 0 Å². The molecule has 0 amide bonds. The molecule has 1 aromatic heterocycles. The Balaban J connectivity index is 2.02. The molecular formula is C16H22N2O2S2. The molecule has 2 aromatic rings. The van der Waals surface area contributed by atoms with Crippen molar-refractivity contribution < 1.29 is 8.42 Å². The van der Waals surface area contributed by atoms with E-state index >= 15 is 0 Å². The number of rotatable bonds is 7. The van der Waals surface area contributed by atoms with E-state index in [0.717, 1.165) is 16.7 Å². The maximum Gasteiger partial charge on any atom is 0.215 e. The molecule has 0 unspecified atom stereocenters. The third-order valence-electron chi connectivity index (χ3n) is 3.49. The van der Waals surface area contributed by atoms with E-state index in [-0.39, 0.29) is 11.8 Å². The fraction of sp³-hybridized carbons (Fsp3) is 0.375. The number of aryl methyl sites for hydroxylation is 1. The molecule has 0 fully saturated rings. The summed E-state index contributed by atoms with van der Waals surface area (Å²) in [6.45, 7) is 2.33. The van der Waals surface area contributed by atoms with Gasteiger partial charge in [0.25, 0.3) is 0 Å². The number of nitrogens with zero attached hydrogens (tertiary/aromatic N) is 1. The van der Waals surface area contributed by atoms with E-state index < -0.39 is 10.0 Å². The Morgan fingerprint density at radius 1 is 1.27 bits per heavy atom. The van der Waals surface area contributed by atoms with Crippen LogP contribution in [0.15, 0.2) is 41.1 Å². The molecular weight excluding hydrogens is 316 g/mol. The van der Waals surface area contributed by atoms with Gasteiger partial charge in [-0.15, -0.1) is 0 Å². The average Bonchev–Trinajstić information content (AvgIpc) is 2.91. The zero-order valence-corrected chi connectivity index (χ0v) is 14.7. The molecule has 0 spiro atoms. The van der Waals surface area contributed by atoms with Crippen molar-refractivity contribution in [2.75, 3.05) is 20.6 Å². The zero-order valence-electron chi connectivity index (χ0n) is 13.1. The Bertz CT molecular complexity index is 695. The van der Waals surface area contributed by atoms with E-state index in [1.807, 2.05) is 61.6 Å². The van der Waals surface area contributed by atoms with Crippen LogP contribution in [0.25, 0.3) is 0 Å². The summed E-state index contributed by atoms with van der Waals surface area (Å²) in [6, 6.07) is 9.66. The highest BCUT2D eigenvalue weighted by Gasteiger charge is 2.18. The van der Waals surface area contributed by atoms with Crippen LogP contribution in [0, 0.1) is 6.92 Å². The second-order valence-electron chi connectivity index (χ2n) is 5.63. The summed E-state index contributed by atoms with van der Waals surface area (Å²) in [7, 11) is 0.567. The van der Waals surface area contributed by atoms with Gasteiger partial charge in [-0.05, 0) is 49.0 Å². The van der Waals surface area contributed by atoms with Crippen molar-refractivity contribution in [1.82, 2.24) is 9.62 Å². The lowest BCUT2D eigenvalue weighted by Crippen LogP contribution is -2.35. The molecule has 1 aromatic carbocycles. The molecule has 6 heteroatoms. The van der Waals surface area contributed by atoms with Gasteiger partial charge < -0.3 is 4.90 Å². The molecule has 0 aliphatic rings. The highest BCUT2D eigenvalue weighted by molar-refractivity contribution is 7.88. The summed E-state index contributed by atoms with van der Waals surface area (Å²) >= 11 is 1.62. The molecule has 2 rings (SSSR count). The standard InChI is InChI=1S/C16H22N2O2S2/c1-13-5-4-6-14(9-13)12-22(19,20)17-10-16(18(2)3)15-7-8-21-11-15/h4-9,11,16-17H,10,12H2,1-3H3/t16-/m0/s1. The molecule has 0 bridgehead atoms. The zero-order chi connectivity index (χ0) is 16.2. The number of sulfonamides is 1. The van der Waals surface area contributed by atoms with Crippen LogP contribution in [-0.4, -0.2) is 34.0 Å². The molecule has 4 nitrogen and oxygen atoms in total. The van der Waals surface area contributed by atoms with Crippen LogP contribution >= 0.6 is 11.3 Å². The summed E-state index contributed by atoms with van der Waals surface area (Å²) in [5.74, 6) is 0.0124. The van der Waals surface area contributed by atoms with Crippen LogP contribution in [0.4, 0.5) is 0 Å². The maximum absolute atomic E-state index is 12.3. The van der Waals surface area contributed by atoms with Crippen LogP contribution in [0.5, 0.6) is 0 Å². The predicted octanol–water partition coefficient (Wildman–Crippen LogP) is 2.78. The monoisotopic (exact) mass is 338 g/mol. The number of likely N-dealkylation sites (N-methyl/N-ethyl adjacent to an activating group) is 1. The average molecular weight is 338 g/mol. The van der Waals surface area contributed by atoms with E-state index in [1.165, 1.54) is 0 Å². The van der Waals surface area contributed by atoms with Gasteiger partial charge in [0.2, 0.25) is 10.0 Å². The molecule has 120 valence electrons. The fourth-order valence-electron chi connectivity index (χ4n) is 2.34. The van der Waals surface area contributed by atoms with Gasteiger partial charge in [0.1, 0.15) is 0 Å². The van der Waals surface area contributed by atoms with Crippen molar-refractivity contribution in [3.05, 3.63) is 57.8 Å². The summed E-state index contributed by atoms with van der Waals surface area (Å²) in [4.78, 5) is 2.03. The minimum atomic E-state index is -3.34. The number of hydrogen-bond donors (Lipinski definition) is 1. The van der Waals surface area contributed by atoms with Gasteiger partial charge in [-0.1, -0.05) is 29.8 Å². The molecule has 1 atom stereocenters. The summed E-state index contributed by atoms with van der Waals surface area (Å²) in [5.41, 5.74) is 3.01. The first kappa shape index (κ1) is 17.1. The van der Waals surface area contributed by atoms with E-state index in [1.54, 1.807) is 11.3 Å². The topological polar surface area (TPSA) is 49.4 Å². The molecule has 1 N–H and O–H groups in total. The van der Waals surface area contributed by atoms with Crippen LogP contribution < -0.4 is 4.72 Å². The normalized spacial score (nSPS) is 13.5. The Labute approximate surface area is 136 Å². The predicted molar refractivity (Wildman–Crippen MR) is 92.6 cm³/mol. The van der Waals surface area contributed by atoms with E-state index in [0.29, 0.717) is 6.54 Å². The van der Waals surface area contributed by atoms with Gasteiger partial charge >= 0.3 is 0 Å². The van der Waals surface area contributed by atoms with Gasteiger partial charge in [0, 0.05) is 12.6 Å². The van der Waals surface area contributed by atoms with Crippen LogP contribution in [0.2, 0.25) is 0 Å². The van der Waals surface area contributed by atoms with Crippen molar-refractivity contribution in [3.8, 4) is 0 Å². The van der Waals surface area contributed by atoms with Gasteiger partial charge in [0.15, 0.2) is 0 Å². The van der Waals surface area contributed by atoms with E-state index in [4.69, 9.17) is 0 Å². The Morgan fingerprint density at radius 2 is 2.05 bits per heavy atom. The molecule has 0 radical (unpaired) electrons. The summed E-state index contributed by atoms with van der Waals surface area (Å²) in [5, 5.41) is 4.06. The Hall–Kier alpha value is -1.21. The SMILES string of the molecule is Cc1cccc(CS(=O)(=O)NC[C@@H](c2ccsc2)N(C)C)c1. The minimum Gasteiger partial charge on any atom is -0.301 e. The largest absolute Gasteiger partial charge is 0.301 e. The van der Waals surface area contributed by atoms with Crippen LogP contribution in [0.1, 0.15) is 22.7 Å². The lowest BCUT2D eigenvalue weighted by Gasteiger charge is -2.24. The Kier molecular flexibility index (Phi) is 5.74. The molecule has 22 heavy (non-hydrogen) atoms. The van der Waals surface area contributed by atoms with Gasteiger partial charge in [0.05, 0.1) is 5.75 Å². The highest BCUT2D eigenvalue weighted by Crippen LogP contribution is 2.20. The highest BCUT2D eigenvalue weighted by atomic mass is 32.2. The third-order valence-corrected chi connectivity index (χ3v) is 5.51. The number of thiophene rings is 1. The van der Waals surface area contributed by atoms with Crippen molar-refractivity contribution in [2.24, 2.45) is 0 Å². The molecule has 0 aliphatic carbocycles. The molecule has 0 saturated carbocycles. The molecule has 0 aliphatic heterocycles. The van der Waals surface area contributed by atoms with Crippen molar-refractivity contribution in [1.29, 1.82) is 0 Å². The maximum atomic E-state index is 12.3. The first-order valence-electron chi connectivity index (χ1n) is 7.09. The smallest absolute Gasteiger partial charge is 0.215 e. The van der Waals surface area contributed by atoms with Gasteiger partial charge in [-0.25, -0.2) is 13.1 Å². The first-order chi connectivity index (χ1) is 10.4. The van der Waals surface area contributed by atoms with Crippen LogP contribution in [-0.2, 0) is 15.8 Å². The minimum absolute atomic E-state index is 0.0124. The second kappa shape index (κ2) is 7.37. The molecule has 0 saturated heterocycles. The number of benzene rings is 1. The first-order valence-corrected chi connectivity index (χ1v) is 9.68. The van der Waals surface area contributed by atoms with Crippen molar-refractivity contribution >= 4 is 21.4 Å². The van der Waals surface area contributed by atoms with E-state index in [9.17, 15) is 8.42 Å². The number of hydrogen-bond acceptors (Lipinski definition) is 4. The van der Waals surface area contributed by atoms with Gasteiger partial charge in [-0.3, -0.25) is 0 Å². The Morgan fingerprint density at radius 3 is 2.64 bits per heavy atom. The van der Waals surface area contributed by atoms with Crippen molar-refractivity contribution in [2.45, 2.75) is 18.7 Å². The van der Waals surface area contributed by atoms with E-state index in [2.05, 4.69) is 10.1 Å².